The molecular formula is C9H5BrClN2. The molecular weight excluding hydrogens is 251 g/mol. The molecule has 0 fully saturated rings. The molecule has 0 bridgehead atoms. The summed E-state index contributed by atoms with van der Waals surface area (Å²) in [4.78, 5) is 0. The Kier molecular flexibility index (Phi) is 2.38. The van der Waals surface area contributed by atoms with Crippen molar-refractivity contribution in [3.8, 4) is 5.69 Å². The molecule has 2 rings (SSSR count). The third-order valence-corrected chi connectivity index (χ3v) is 2.86. The molecule has 0 aliphatic rings. The van der Waals surface area contributed by atoms with E-state index in [9.17, 15) is 0 Å². The Morgan fingerprint density at radius 3 is 2.92 bits per heavy atom. The molecule has 0 atom stereocenters. The maximum absolute atomic E-state index is 5.93. The highest BCUT2D eigenvalue weighted by atomic mass is 79.9. The van der Waals surface area contributed by atoms with Crippen LogP contribution in [0.3, 0.4) is 0 Å². The van der Waals surface area contributed by atoms with Gasteiger partial charge in [0, 0.05) is 10.7 Å². The zero-order valence-electron chi connectivity index (χ0n) is 6.54. The number of hydrogen-bond acceptors (Lipinski definition) is 1. The number of halogens is 2. The molecule has 2 aromatic rings. The molecule has 1 radical (unpaired) electrons. The second kappa shape index (κ2) is 3.52. The van der Waals surface area contributed by atoms with Crippen LogP contribution in [0.1, 0.15) is 0 Å². The third-order valence-electron chi connectivity index (χ3n) is 1.62. The molecule has 13 heavy (non-hydrogen) atoms. The number of rotatable bonds is 1. The summed E-state index contributed by atoms with van der Waals surface area (Å²) in [5.41, 5.74) is 0.925. The molecule has 4 heteroatoms. The normalized spacial score (nSPS) is 10.3. The number of aromatic nitrogens is 2. The fourth-order valence-corrected chi connectivity index (χ4v) is 1.43. The van der Waals surface area contributed by atoms with Gasteiger partial charge in [-0.05, 0) is 40.2 Å². The van der Waals surface area contributed by atoms with E-state index in [2.05, 4.69) is 27.2 Å². The van der Waals surface area contributed by atoms with E-state index in [0.717, 1.165) is 10.2 Å². The standard InChI is InChI=1S/C9H5BrClN2/c10-8-3-2-7(6-9(8)11)13-5-1-4-12-13/h1-3,5-6H. The lowest BCUT2D eigenvalue weighted by Crippen LogP contribution is -1.93. The fourth-order valence-electron chi connectivity index (χ4n) is 1.00. The molecule has 1 aromatic heterocycles. The number of hydrogen-bond donors (Lipinski definition) is 0. The fraction of sp³-hybridized carbons (Fsp3) is 0. The van der Waals surface area contributed by atoms with Gasteiger partial charge in [-0.15, -0.1) is 0 Å². The minimum absolute atomic E-state index is 0.674. The molecule has 0 aliphatic carbocycles. The highest BCUT2D eigenvalue weighted by Gasteiger charge is 2.00. The summed E-state index contributed by atoms with van der Waals surface area (Å²) in [7, 11) is 0. The van der Waals surface area contributed by atoms with Gasteiger partial charge in [0.2, 0.25) is 0 Å². The van der Waals surface area contributed by atoms with E-state index in [4.69, 9.17) is 11.6 Å². The summed E-state index contributed by atoms with van der Waals surface area (Å²) in [6, 6.07) is 7.40. The van der Waals surface area contributed by atoms with Gasteiger partial charge in [0.25, 0.3) is 0 Å². The van der Waals surface area contributed by atoms with E-state index in [1.54, 1.807) is 10.7 Å². The van der Waals surface area contributed by atoms with Crippen molar-refractivity contribution < 1.29 is 0 Å². The second-order valence-electron chi connectivity index (χ2n) is 2.49. The minimum atomic E-state index is 0.674. The predicted molar refractivity (Wildman–Crippen MR) is 55.1 cm³/mol. The van der Waals surface area contributed by atoms with Crippen LogP contribution in [0.25, 0.3) is 5.69 Å². The highest BCUT2D eigenvalue weighted by Crippen LogP contribution is 2.24. The minimum Gasteiger partial charge on any atom is -0.240 e. The van der Waals surface area contributed by atoms with Gasteiger partial charge in [-0.1, -0.05) is 11.6 Å². The number of benzene rings is 1. The summed E-state index contributed by atoms with van der Waals surface area (Å²) < 4.78 is 2.59. The van der Waals surface area contributed by atoms with Gasteiger partial charge in [0.15, 0.2) is 0 Å². The highest BCUT2D eigenvalue weighted by molar-refractivity contribution is 9.10. The van der Waals surface area contributed by atoms with Crippen molar-refractivity contribution in [2.24, 2.45) is 0 Å². The Labute approximate surface area is 89.3 Å². The molecule has 0 saturated heterocycles. The van der Waals surface area contributed by atoms with Crippen LogP contribution in [-0.2, 0) is 0 Å². The van der Waals surface area contributed by atoms with Crippen molar-refractivity contribution >= 4 is 27.5 Å². The average Bonchev–Trinajstić information content (AvgIpc) is 2.62. The van der Waals surface area contributed by atoms with Crippen molar-refractivity contribution in [1.82, 2.24) is 9.78 Å². The lowest BCUT2D eigenvalue weighted by molar-refractivity contribution is 0.877. The Hall–Kier alpha value is -0.800. The molecule has 0 amide bonds. The van der Waals surface area contributed by atoms with Gasteiger partial charge in [-0.3, -0.25) is 0 Å². The smallest absolute Gasteiger partial charge is 0.113 e. The van der Waals surface area contributed by atoms with Crippen molar-refractivity contribution in [3.05, 3.63) is 46.2 Å². The molecule has 0 unspecified atom stereocenters. The lowest BCUT2D eigenvalue weighted by atomic mass is 10.3. The van der Waals surface area contributed by atoms with Gasteiger partial charge in [-0.25, -0.2) is 4.68 Å². The van der Waals surface area contributed by atoms with E-state index in [1.165, 1.54) is 0 Å². The predicted octanol–water partition coefficient (Wildman–Crippen LogP) is 3.09. The van der Waals surface area contributed by atoms with Crippen LogP contribution in [0.5, 0.6) is 0 Å². The van der Waals surface area contributed by atoms with Crippen LogP contribution in [0.15, 0.2) is 34.9 Å². The van der Waals surface area contributed by atoms with Crippen LogP contribution in [0, 0.1) is 6.20 Å². The van der Waals surface area contributed by atoms with E-state index < -0.39 is 0 Å². The maximum Gasteiger partial charge on any atom is 0.113 e. The summed E-state index contributed by atoms with van der Waals surface area (Å²) in [6.07, 6.45) is 4.54. The van der Waals surface area contributed by atoms with E-state index in [0.29, 0.717) is 5.02 Å². The molecule has 0 N–H and O–H groups in total. The second-order valence-corrected chi connectivity index (χ2v) is 3.75. The first-order chi connectivity index (χ1) is 6.27. The Balaban J connectivity index is 2.49. The van der Waals surface area contributed by atoms with Gasteiger partial charge in [0.1, 0.15) is 6.20 Å². The largest absolute Gasteiger partial charge is 0.240 e. The van der Waals surface area contributed by atoms with Crippen LogP contribution < -0.4 is 0 Å². The van der Waals surface area contributed by atoms with Gasteiger partial charge in [-0.2, -0.15) is 5.10 Å². The summed E-state index contributed by atoms with van der Waals surface area (Å²) in [5, 5.41) is 4.65. The molecule has 65 valence electrons. The molecule has 1 heterocycles. The zero-order valence-corrected chi connectivity index (χ0v) is 8.88. The Morgan fingerprint density at radius 1 is 1.46 bits per heavy atom. The van der Waals surface area contributed by atoms with Crippen molar-refractivity contribution in [3.63, 3.8) is 0 Å². The Bertz CT molecular complexity index is 412. The first-order valence-corrected chi connectivity index (χ1v) is 4.81. The topological polar surface area (TPSA) is 17.8 Å². The van der Waals surface area contributed by atoms with Crippen molar-refractivity contribution in [1.29, 1.82) is 0 Å². The van der Waals surface area contributed by atoms with Crippen LogP contribution >= 0.6 is 27.5 Å². The SMILES string of the molecule is Clc1cc(-n2cc[c]n2)ccc1Br. The van der Waals surface area contributed by atoms with Crippen LogP contribution in [0.2, 0.25) is 5.02 Å². The third kappa shape index (κ3) is 1.76. The first-order valence-electron chi connectivity index (χ1n) is 3.64. The molecule has 1 aromatic carbocycles. The molecule has 0 aliphatic heterocycles. The first kappa shape index (κ1) is 8.78. The monoisotopic (exact) mass is 255 g/mol. The zero-order chi connectivity index (χ0) is 9.26. The van der Waals surface area contributed by atoms with E-state index in [-0.39, 0.29) is 0 Å². The average molecular weight is 257 g/mol. The van der Waals surface area contributed by atoms with Gasteiger partial charge < -0.3 is 0 Å². The summed E-state index contributed by atoms with van der Waals surface area (Å²) >= 11 is 9.26. The lowest BCUT2D eigenvalue weighted by Gasteiger charge is -2.02. The number of nitrogens with zero attached hydrogens (tertiary/aromatic N) is 2. The Morgan fingerprint density at radius 2 is 2.31 bits per heavy atom. The van der Waals surface area contributed by atoms with Crippen molar-refractivity contribution in [2.75, 3.05) is 0 Å². The van der Waals surface area contributed by atoms with Crippen molar-refractivity contribution in [2.45, 2.75) is 0 Å². The van der Waals surface area contributed by atoms with Gasteiger partial charge >= 0.3 is 0 Å². The maximum atomic E-state index is 5.93. The van der Waals surface area contributed by atoms with Crippen LogP contribution in [0.4, 0.5) is 0 Å². The van der Waals surface area contributed by atoms with E-state index >= 15 is 0 Å². The summed E-state index contributed by atoms with van der Waals surface area (Å²) in [5.74, 6) is 0. The molecule has 0 saturated carbocycles. The van der Waals surface area contributed by atoms with E-state index in [1.807, 2.05) is 24.4 Å². The molecule has 2 nitrogen and oxygen atoms in total. The molecule has 0 spiro atoms. The van der Waals surface area contributed by atoms with Crippen LogP contribution in [-0.4, -0.2) is 9.78 Å². The quantitative estimate of drug-likeness (QED) is 0.767. The summed E-state index contributed by atoms with van der Waals surface area (Å²) in [6.45, 7) is 0. The van der Waals surface area contributed by atoms with Gasteiger partial charge in [0.05, 0.1) is 10.7 Å².